The second kappa shape index (κ2) is 5.91. The highest BCUT2D eigenvalue weighted by molar-refractivity contribution is 7.20. The van der Waals surface area contributed by atoms with Gasteiger partial charge in [0.25, 0.3) is 5.91 Å². The molecule has 130 valence electrons. The fraction of sp³-hybridized carbons (Fsp3) is 0.444. The molecular formula is C18H21N5OS. The number of carbonyl (C=O) groups is 1. The summed E-state index contributed by atoms with van der Waals surface area (Å²) in [6.45, 7) is 8.04. The Hall–Kier alpha value is -2.28. The van der Waals surface area contributed by atoms with Crippen molar-refractivity contribution in [2.24, 2.45) is 0 Å². The van der Waals surface area contributed by atoms with Crippen LogP contribution in [0, 0.1) is 13.8 Å². The Labute approximate surface area is 150 Å². The number of amides is 1. The molecule has 0 spiro atoms. The number of aromatic nitrogens is 4. The number of thiophene rings is 1. The van der Waals surface area contributed by atoms with Crippen LogP contribution < -0.4 is 5.32 Å². The number of hydrogen-bond acceptors (Lipinski definition) is 5. The van der Waals surface area contributed by atoms with Gasteiger partial charge in [-0.15, -0.1) is 11.3 Å². The van der Waals surface area contributed by atoms with Crippen LogP contribution in [0.15, 0.2) is 12.3 Å². The molecule has 0 radical (unpaired) electrons. The first-order chi connectivity index (χ1) is 12.0. The van der Waals surface area contributed by atoms with Crippen LogP contribution in [0.2, 0.25) is 0 Å². The van der Waals surface area contributed by atoms with E-state index in [1.807, 2.05) is 33.8 Å². The molecule has 0 aromatic carbocycles. The number of rotatable bonds is 4. The molecule has 25 heavy (non-hydrogen) atoms. The van der Waals surface area contributed by atoms with Crippen molar-refractivity contribution in [3.8, 4) is 0 Å². The maximum atomic E-state index is 12.8. The fourth-order valence-corrected chi connectivity index (χ4v) is 4.23. The van der Waals surface area contributed by atoms with E-state index in [1.54, 1.807) is 10.9 Å². The van der Waals surface area contributed by atoms with Gasteiger partial charge in [-0.1, -0.05) is 0 Å². The minimum absolute atomic E-state index is 0.115. The summed E-state index contributed by atoms with van der Waals surface area (Å²) in [5.74, 6) is 2.02. The molecule has 6 nitrogen and oxygen atoms in total. The van der Waals surface area contributed by atoms with Gasteiger partial charge in [-0.05, 0) is 46.1 Å². The summed E-state index contributed by atoms with van der Waals surface area (Å²) in [6.07, 6.45) is 4.04. The third kappa shape index (κ3) is 2.82. The van der Waals surface area contributed by atoms with E-state index >= 15 is 0 Å². The molecule has 1 aliphatic rings. The van der Waals surface area contributed by atoms with Crippen LogP contribution in [-0.2, 0) is 0 Å². The van der Waals surface area contributed by atoms with Gasteiger partial charge in [-0.2, -0.15) is 5.10 Å². The van der Waals surface area contributed by atoms with Crippen LogP contribution in [0.3, 0.4) is 0 Å². The minimum Gasteiger partial charge on any atom is -0.306 e. The molecule has 3 heterocycles. The Morgan fingerprint density at radius 3 is 2.76 bits per heavy atom. The lowest BCUT2D eigenvalue weighted by Crippen LogP contribution is -2.16. The fourth-order valence-electron chi connectivity index (χ4n) is 3.10. The lowest BCUT2D eigenvalue weighted by atomic mass is 10.1. The van der Waals surface area contributed by atoms with Gasteiger partial charge in [0.1, 0.15) is 16.5 Å². The number of carbonyl (C=O) groups excluding carboxylic acids is 1. The Morgan fingerprint density at radius 1 is 1.32 bits per heavy atom. The SMILES string of the molecule is Cc1nc(C2CC2)nc2sc(C(=O)Nc3ccnn3C(C)C)c(C)c12. The maximum Gasteiger partial charge on any atom is 0.267 e. The van der Waals surface area contributed by atoms with Crippen molar-refractivity contribution >= 4 is 33.3 Å². The molecule has 7 heteroatoms. The molecule has 0 bridgehead atoms. The van der Waals surface area contributed by atoms with Gasteiger partial charge in [0, 0.05) is 23.4 Å². The predicted octanol–water partition coefficient (Wildman–Crippen LogP) is 4.22. The van der Waals surface area contributed by atoms with E-state index in [-0.39, 0.29) is 11.9 Å². The molecule has 3 aromatic heterocycles. The minimum atomic E-state index is -0.115. The monoisotopic (exact) mass is 355 g/mol. The third-order valence-corrected chi connectivity index (χ3v) is 5.72. The first-order valence-corrected chi connectivity index (χ1v) is 9.40. The Bertz CT molecular complexity index is 967. The molecule has 0 unspecified atom stereocenters. The van der Waals surface area contributed by atoms with E-state index in [9.17, 15) is 4.79 Å². The van der Waals surface area contributed by atoms with Crippen LogP contribution in [0.1, 0.15) is 65.4 Å². The second-order valence-corrected chi connectivity index (χ2v) is 7.89. The Morgan fingerprint density at radius 2 is 2.08 bits per heavy atom. The summed E-state index contributed by atoms with van der Waals surface area (Å²) < 4.78 is 1.80. The molecule has 3 aromatic rings. The predicted molar refractivity (Wildman–Crippen MR) is 99.4 cm³/mol. The number of hydrogen-bond donors (Lipinski definition) is 1. The molecule has 0 aliphatic heterocycles. The third-order valence-electron chi connectivity index (χ3n) is 4.54. The average molecular weight is 355 g/mol. The summed E-state index contributed by atoms with van der Waals surface area (Å²) in [7, 11) is 0. The number of nitrogens with zero attached hydrogens (tertiary/aromatic N) is 4. The average Bonchev–Trinajstić information content (AvgIpc) is 3.21. The van der Waals surface area contributed by atoms with Gasteiger partial charge in [0.05, 0.1) is 16.8 Å². The van der Waals surface area contributed by atoms with Crippen molar-refractivity contribution in [1.82, 2.24) is 19.7 Å². The second-order valence-electron chi connectivity index (χ2n) is 6.89. The van der Waals surface area contributed by atoms with Gasteiger partial charge in [0.15, 0.2) is 0 Å². The summed E-state index contributed by atoms with van der Waals surface area (Å²) in [6, 6.07) is 2.00. The van der Waals surface area contributed by atoms with Crippen molar-refractivity contribution in [3.63, 3.8) is 0 Å². The zero-order valence-corrected chi connectivity index (χ0v) is 15.6. The molecule has 1 aliphatic carbocycles. The molecule has 1 N–H and O–H groups in total. The van der Waals surface area contributed by atoms with Crippen LogP contribution in [-0.4, -0.2) is 25.7 Å². The Balaban J connectivity index is 1.71. The lowest BCUT2D eigenvalue weighted by molar-refractivity contribution is 0.102. The van der Waals surface area contributed by atoms with E-state index in [2.05, 4.69) is 15.4 Å². The molecule has 1 amide bonds. The Kier molecular flexibility index (Phi) is 3.83. The van der Waals surface area contributed by atoms with Crippen LogP contribution in [0.25, 0.3) is 10.2 Å². The smallest absolute Gasteiger partial charge is 0.267 e. The van der Waals surface area contributed by atoms with Crippen molar-refractivity contribution < 1.29 is 4.79 Å². The van der Waals surface area contributed by atoms with Gasteiger partial charge < -0.3 is 5.32 Å². The van der Waals surface area contributed by atoms with E-state index < -0.39 is 0 Å². The summed E-state index contributed by atoms with van der Waals surface area (Å²) in [5.41, 5.74) is 1.92. The zero-order chi connectivity index (χ0) is 17.7. The van der Waals surface area contributed by atoms with E-state index in [4.69, 9.17) is 4.98 Å². The number of fused-ring (bicyclic) bond motifs is 1. The van der Waals surface area contributed by atoms with Crippen molar-refractivity contribution in [2.75, 3.05) is 5.32 Å². The quantitative estimate of drug-likeness (QED) is 0.761. The molecule has 0 saturated heterocycles. The molecular weight excluding hydrogens is 334 g/mol. The highest BCUT2D eigenvalue weighted by Crippen LogP contribution is 2.40. The zero-order valence-electron chi connectivity index (χ0n) is 14.8. The van der Waals surface area contributed by atoms with Gasteiger partial charge in [-0.3, -0.25) is 4.79 Å². The number of nitrogens with one attached hydrogen (secondary N) is 1. The van der Waals surface area contributed by atoms with Crippen LogP contribution in [0.5, 0.6) is 0 Å². The van der Waals surface area contributed by atoms with Gasteiger partial charge in [-0.25, -0.2) is 14.6 Å². The number of anilines is 1. The van der Waals surface area contributed by atoms with Crippen LogP contribution >= 0.6 is 11.3 Å². The van der Waals surface area contributed by atoms with E-state index in [0.29, 0.717) is 16.6 Å². The molecule has 4 rings (SSSR count). The topological polar surface area (TPSA) is 72.7 Å². The van der Waals surface area contributed by atoms with Gasteiger partial charge in [0.2, 0.25) is 0 Å². The summed E-state index contributed by atoms with van der Waals surface area (Å²) in [5, 5.41) is 8.26. The molecule has 1 saturated carbocycles. The molecule has 0 atom stereocenters. The van der Waals surface area contributed by atoms with E-state index in [1.165, 1.54) is 24.2 Å². The molecule has 1 fully saturated rings. The summed E-state index contributed by atoms with van der Waals surface area (Å²) in [4.78, 5) is 23.8. The van der Waals surface area contributed by atoms with Crippen LogP contribution in [0.4, 0.5) is 5.82 Å². The maximum absolute atomic E-state index is 12.8. The van der Waals surface area contributed by atoms with Crippen molar-refractivity contribution in [1.29, 1.82) is 0 Å². The van der Waals surface area contributed by atoms with E-state index in [0.717, 1.165) is 27.3 Å². The van der Waals surface area contributed by atoms with Crippen molar-refractivity contribution in [2.45, 2.75) is 52.5 Å². The lowest BCUT2D eigenvalue weighted by Gasteiger charge is -2.11. The largest absolute Gasteiger partial charge is 0.306 e. The highest BCUT2D eigenvalue weighted by atomic mass is 32.1. The summed E-state index contributed by atoms with van der Waals surface area (Å²) >= 11 is 1.45. The first-order valence-electron chi connectivity index (χ1n) is 8.58. The first kappa shape index (κ1) is 16.2. The number of aryl methyl sites for hydroxylation is 2. The van der Waals surface area contributed by atoms with Gasteiger partial charge >= 0.3 is 0 Å². The normalized spacial score (nSPS) is 14.4. The highest BCUT2D eigenvalue weighted by Gasteiger charge is 2.28. The van der Waals surface area contributed by atoms with Crippen molar-refractivity contribution in [3.05, 3.63) is 34.2 Å². The standard InChI is InChI=1S/C18H21N5OS/c1-9(2)23-13(7-8-19-23)21-17(24)15-10(3)14-11(4)20-16(12-5-6-12)22-18(14)25-15/h7-9,12H,5-6H2,1-4H3,(H,21,24).